The lowest BCUT2D eigenvalue weighted by atomic mass is 10.2. The number of esters is 1. The number of aryl methyl sites for hydroxylation is 1. The monoisotopic (exact) mass is 381 g/mol. The molecule has 2 N–H and O–H groups in total. The van der Waals surface area contributed by atoms with E-state index in [2.05, 4.69) is 21.2 Å². The minimum absolute atomic E-state index is 0.0610. The van der Waals surface area contributed by atoms with E-state index in [1.54, 1.807) is 13.0 Å². The van der Waals surface area contributed by atoms with Gasteiger partial charge >= 0.3 is 5.97 Å². The molecular weight excluding hydrogens is 369 g/mol. The Kier molecular flexibility index (Phi) is 5.33. The number of anilines is 1. The summed E-state index contributed by atoms with van der Waals surface area (Å²) in [6.07, 6.45) is 0. The Hall–Kier alpha value is -2.41. The first-order chi connectivity index (χ1) is 10.9. The fourth-order valence-corrected chi connectivity index (χ4v) is 2.16. The second-order valence-electron chi connectivity index (χ2n) is 4.75. The Labute approximate surface area is 140 Å². The number of phenols is 1. The molecule has 120 valence electrons. The minimum atomic E-state index is -0.838. The van der Waals surface area contributed by atoms with E-state index in [0.29, 0.717) is 15.7 Å². The van der Waals surface area contributed by atoms with Crippen molar-refractivity contribution in [3.63, 3.8) is 0 Å². The molecule has 5 nitrogen and oxygen atoms in total. The fraction of sp³-hybridized carbons (Fsp3) is 0.125. The fourth-order valence-electron chi connectivity index (χ4n) is 1.80. The lowest BCUT2D eigenvalue weighted by Crippen LogP contribution is -2.21. The van der Waals surface area contributed by atoms with Gasteiger partial charge in [-0.15, -0.1) is 0 Å². The molecule has 0 fully saturated rings. The highest BCUT2D eigenvalue weighted by Crippen LogP contribution is 2.22. The van der Waals surface area contributed by atoms with Crippen molar-refractivity contribution in [2.45, 2.75) is 6.92 Å². The summed E-state index contributed by atoms with van der Waals surface area (Å²) < 4.78 is 18.6. The van der Waals surface area contributed by atoms with Crippen LogP contribution >= 0.6 is 15.9 Å². The maximum absolute atomic E-state index is 13.1. The van der Waals surface area contributed by atoms with Crippen LogP contribution in [0.4, 0.5) is 10.1 Å². The van der Waals surface area contributed by atoms with Gasteiger partial charge in [0, 0.05) is 10.2 Å². The number of carbonyl (C=O) groups is 2. The van der Waals surface area contributed by atoms with Crippen LogP contribution in [0.15, 0.2) is 40.9 Å². The van der Waals surface area contributed by atoms with Crippen LogP contribution in [0.3, 0.4) is 0 Å². The van der Waals surface area contributed by atoms with Crippen molar-refractivity contribution in [2.75, 3.05) is 11.9 Å². The second kappa shape index (κ2) is 7.23. The molecule has 0 saturated heterocycles. The number of hydrogen-bond acceptors (Lipinski definition) is 4. The maximum atomic E-state index is 13.1. The largest absolute Gasteiger partial charge is 0.507 e. The van der Waals surface area contributed by atoms with Crippen LogP contribution in [0.2, 0.25) is 0 Å². The molecule has 0 spiro atoms. The molecule has 2 rings (SSSR count). The van der Waals surface area contributed by atoms with Gasteiger partial charge < -0.3 is 15.2 Å². The number of benzene rings is 2. The first-order valence-corrected chi connectivity index (χ1v) is 7.38. The maximum Gasteiger partial charge on any atom is 0.342 e. The van der Waals surface area contributed by atoms with Crippen molar-refractivity contribution in [1.82, 2.24) is 0 Å². The van der Waals surface area contributed by atoms with Gasteiger partial charge in [-0.1, -0.05) is 22.0 Å². The summed E-state index contributed by atoms with van der Waals surface area (Å²) >= 11 is 3.17. The third kappa shape index (κ3) is 4.53. The van der Waals surface area contributed by atoms with Crippen LogP contribution in [-0.2, 0) is 9.53 Å². The number of carbonyl (C=O) groups excluding carboxylic acids is 2. The molecule has 1 amide bonds. The number of amides is 1. The average Bonchev–Trinajstić information content (AvgIpc) is 2.51. The number of ether oxygens (including phenoxy) is 1. The minimum Gasteiger partial charge on any atom is -0.507 e. The molecule has 0 aliphatic carbocycles. The zero-order valence-corrected chi connectivity index (χ0v) is 13.7. The van der Waals surface area contributed by atoms with Crippen LogP contribution in [0.25, 0.3) is 0 Å². The van der Waals surface area contributed by atoms with Crippen LogP contribution in [-0.4, -0.2) is 23.6 Å². The van der Waals surface area contributed by atoms with Crippen molar-refractivity contribution < 1.29 is 23.8 Å². The summed E-state index contributed by atoms with van der Waals surface area (Å²) in [6.45, 7) is 1.15. The first-order valence-electron chi connectivity index (χ1n) is 6.58. The molecule has 0 bridgehead atoms. The van der Waals surface area contributed by atoms with Crippen molar-refractivity contribution in [3.8, 4) is 5.75 Å². The Bertz CT molecular complexity index is 764. The van der Waals surface area contributed by atoms with Crippen LogP contribution in [0.5, 0.6) is 5.75 Å². The standard InChI is InChI=1S/C16H13BrFNO4/c1-9-2-4-11(18)7-13(9)19-15(21)8-23-16(22)12-6-10(17)3-5-14(12)20/h2-7,20H,8H2,1H3,(H,19,21). The molecule has 0 unspecified atom stereocenters. The predicted octanol–water partition coefficient (Wildman–Crippen LogP) is 3.40. The smallest absolute Gasteiger partial charge is 0.342 e. The van der Waals surface area contributed by atoms with Gasteiger partial charge in [-0.25, -0.2) is 9.18 Å². The molecule has 2 aromatic carbocycles. The molecule has 0 aliphatic rings. The van der Waals surface area contributed by atoms with Gasteiger partial charge in [0.25, 0.3) is 5.91 Å². The van der Waals surface area contributed by atoms with E-state index in [1.807, 2.05) is 0 Å². The van der Waals surface area contributed by atoms with E-state index >= 15 is 0 Å². The molecule has 2 aromatic rings. The number of hydrogen-bond donors (Lipinski definition) is 2. The molecule has 0 saturated carbocycles. The number of rotatable bonds is 4. The van der Waals surface area contributed by atoms with Gasteiger partial charge in [-0.2, -0.15) is 0 Å². The third-order valence-corrected chi connectivity index (χ3v) is 3.48. The van der Waals surface area contributed by atoms with Crippen LogP contribution in [0, 0.1) is 12.7 Å². The molecule has 23 heavy (non-hydrogen) atoms. The highest BCUT2D eigenvalue weighted by atomic mass is 79.9. The zero-order chi connectivity index (χ0) is 17.0. The van der Waals surface area contributed by atoms with Crippen LogP contribution < -0.4 is 5.32 Å². The Morgan fingerprint density at radius 3 is 2.74 bits per heavy atom. The highest BCUT2D eigenvalue weighted by molar-refractivity contribution is 9.10. The topological polar surface area (TPSA) is 75.6 Å². The number of nitrogens with one attached hydrogen (secondary N) is 1. The summed E-state index contributed by atoms with van der Waals surface area (Å²) in [5.74, 6) is -2.18. The molecule has 0 heterocycles. The summed E-state index contributed by atoms with van der Waals surface area (Å²) in [5, 5.41) is 12.1. The van der Waals surface area contributed by atoms with E-state index in [0.717, 1.165) is 0 Å². The molecule has 0 aromatic heterocycles. The lowest BCUT2D eigenvalue weighted by Gasteiger charge is -2.09. The highest BCUT2D eigenvalue weighted by Gasteiger charge is 2.15. The third-order valence-electron chi connectivity index (χ3n) is 2.99. The first kappa shape index (κ1) is 17.0. The summed E-state index contributed by atoms with van der Waals surface area (Å²) in [4.78, 5) is 23.6. The molecule has 7 heteroatoms. The van der Waals surface area contributed by atoms with Gasteiger partial charge in [0.2, 0.25) is 0 Å². The van der Waals surface area contributed by atoms with Crippen molar-refractivity contribution in [2.24, 2.45) is 0 Å². The molecule has 0 radical (unpaired) electrons. The zero-order valence-electron chi connectivity index (χ0n) is 12.1. The van der Waals surface area contributed by atoms with E-state index in [1.165, 1.54) is 30.3 Å². The second-order valence-corrected chi connectivity index (χ2v) is 5.66. The van der Waals surface area contributed by atoms with E-state index in [4.69, 9.17) is 4.74 Å². The van der Waals surface area contributed by atoms with Gasteiger partial charge in [0.15, 0.2) is 6.61 Å². The average molecular weight is 382 g/mol. The van der Waals surface area contributed by atoms with Gasteiger partial charge in [-0.3, -0.25) is 4.79 Å². The van der Waals surface area contributed by atoms with Gasteiger partial charge in [-0.05, 0) is 42.8 Å². The van der Waals surface area contributed by atoms with Crippen molar-refractivity contribution >= 4 is 33.5 Å². The van der Waals surface area contributed by atoms with Crippen LogP contribution in [0.1, 0.15) is 15.9 Å². The van der Waals surface area contributed by atoms with Crippen molar-refractivity contribution in [1.29, 1.82) is 0 Å². The lowest BCUT2D eigenvalue weighted by molar-refractivity contribution is -0.119. The van der Waals surface area contributed by atoms with E-state index < -0.39 is 24.3 Å². The Morgan fingerprint density at radius 2 is 2.00 bits per heavy atom. The molecule has 0 aliphatic heterocycles. The number of aromatic hydroxyl groups is 1. The normalized spacial score (nSPS) is 10.2. The van der Waals surface area contributed by atoms with E-state index in [-0.39, 0.29) is 11.3 Å². The molecular formula is C16H13BrFNO4. The SMILES string of the molecule is Cc1ccc(F)cc1NC(=O)COC(=O)c1cc(Br)ccc1O. The molecule has 0 atom stereocenters. The Morgan fingerprint density at radius 1 is 1.26 bits per heavy atom. The summed E-state index contributed by atoms with van der Waals surface area (Å²) in [6, 6.07) is 8.25. The van der Waals surface area contributed by atoms with Crippen molar-refractivity contribution in [3.05, 3.63) is 57.8 Å². The summed E-state index contributed by atoms with van der Waals surface area (Å²) in [7, 11) is 0. The van der Waals surface area contributed by atoms with Gasteiger partial charge in [0.05, 0.1) is 0 Å². The van der Waals surface area contributed by atoms with E-state index in [9.17, 15) is 19.1 Å². The quantitative estimate of drug-likeness (QED) is 0.795. The summed E-state index contributed by atoms with van der Waals surface area (Å²) in [5.41, 5.74) is 0.918. The Balaban J connectivity index is 1.97. The number of halogens is 2. The predicted molar refractivity (Wildman–Crippen MR) is 85.9 cm³/mol. The van der Waals surface area contributed by atoms with Gasteiger partial charge in [0.1, 0.15) is 17.1 Å². The number of phenolic OH excluding ortho intramolecular Hbond substituents is 1.